The van der Waals surface area contributed by atoms with Gasteiger partial charge in [0, 0.05) is 67.6 Å². The quantitative estimate of drug-likeness (QED) is 0.173. The number of anilines is 3. The van der Waals surface area contributed by atoms with Crippen molar-refractivity contribution in [1.82, 2.24) is 19.1 Å². The normalized spacial score (nSPS) is 11.6. The summed E-state index contributed by atoms with van der Waals surface area (Å²) in [6.07, 6.45) is 3.84. The van der Waals surface area contributed by atoms with Crippen molar-refractivity contribution in [2.45, 2.75) is 0 Å². The van der Waals surface area contributed by atoms with Crippen LogP contribution in [0.1, 0.15) is 0 Å². The summed E-state index contributed by atoms with van der Waals surface area (Å²) in [6, 6.07) is 66.8. The molecule has 0 saturated carbocycles. The van der Waals surface area contributed by atoms with Crippen LogP contribution in [0.25, 0.3) is 77.1 Å². The van der Waals surface area contributed by atoms with E-state index in [9.17, 15) is 0 Å². The van der Waals surface area contributed by atoms with Crippen LogP contribution >= 0.6 is 0 Å². The lowest BCUT2D eigenvalue weighted by Crippen LogP contribution is -2.10. The van der Waals surface area contributed by atoms with Crippen LogP contribution in [0.15, 0.2) is 200 Å². The summed E-state index contributed by atoms with van der Waals surface area (Å²) in [5, 5.41) is 7.15. The number of para-hydroxylation sites is 3. The summed E-state index contributed by atoms with van der Waals surface area (Å²) in [4.78, 5) is 12.1. The third kappa shape index (κ3) is 5.02. The predicted molar refractivity (Wildman–Crippen MR) is 228 cm³/mol. The van der Waals surface area contributed by atoms with Gasteiger partial charge in [0.15, 0.2) is 0 Å². The topological polar surface area (TPSA) is 38.9 Å². The van der Waals surface area contributed by atoms with Gasteiger partial charge in [0.1, 0.15) is 5.82 Å². The van der Waals surface area contributed by atoms with Crippen molar-refractivity contribution >= 4 is 71.4 Å². The third-order valence-corrected chi connectivity index (χ3v) is 10.7. The van der Waals surface area contributed by atoms with Gasteiger partial charge in [0.2, 0.25) is 0 Å². The summed E-state index contributed by atoms with van der Waals surface area (Å²) in [7, 11) is 0. The van der Waals surface area contributed by atoms with Crippen LogP contribution < -0.4 is 4.90 Å². The zero-order valence-corrected chi connectivity index (χ0v) is 29.8. The molecule has 0 aliphatic heterocycles. The number of rotatable bonds is 6. The summed E-state index contributed by atoms with van der Waals surface area (Å²) in [5.74, 6) is 0.876. The molecule has 0 spiro atoms. The van der Waals surface area contributed by atoms with E-state index in [1.165, 1.54) is 38.0 Å². The van der Waals surface area contributed by atoms with Gasteiger partial charge in [0.25, 0.3) is 0 Å². The summed E-state index contributed by atoms with van der Waals surface area (Å²) in [5.41, 5.74) is 10.9. The number of fused-ring (bicyclic) bond motifs is 8. The Hall–Kier alpha value is -7.50. The number of aromatic nitrogens is 4. The van der Waals surface area contributed by atoms with E-state index < -0.39 is 0 Å². The second-order valence-electron chi connectivity index (χ2n) is 13.9. The Morgan fingerprint density at radius 1 is 0.400 bits per heavy atom. The van der Waals surface area contributed by atoms with E-state index in [0.717, 1.165) is 56.2 Å². The fourth-order valence-electron chi connectivity index (χ4n) is 8.35. The summed E-state index contributed by atoms with van der Waals surface area (Å²) in [6.45, 7) is 0. The maximum absolute atomic E-state index is 4.91. The van der Waals surface area contributed by atoms with Crippen LogP contribution in [0.3, 0.4) is 0 Å². The molecule has 5 heteroatoms. The molecular formula is C50H33N5. The molecule has 0 amide bonds. The van der Waals surface area contributed by atoms with Crippen LogP contribution in [-0.4, -0.2) is 19.1 Å². The van der Waals surface area contributed by atoms with E-state index in [-0.39, 0.29) is 0 Å². The van der Waals surface area contributed by atoms with Crippen LogP contribution in [0.4, 0.5) is 17.1 Å². The van der Waals surface area contributed by atoms with Crippen LogP contribution in [0.2, 0.25) is 0 Å². The second-order valence-corrected chi connectivity index (χ2v) is 13.9. The number of hydrogen-bond acceptors (Lipinski definition) is 3. The highest BCUT2D eigenvalue weighted by Crippen LogP contribution is 2.44. The van der Waals surface area contributed by atoms with E-state index in [4.69, 9.17) is 9.97 Å². The number of hydrogen-bond donors (Lipinski definition) is 0. The zero-order chi connectivity index (χ0) is 36.3. The number of nitrogens with zero attached hydrogens (tertiary/aromatic N) is 5. The van der Waals surface area contributed by atoms with Crippen LogP contribution in [0, 0.1) is 0 Å². The van der Waals surface area contributed by atoms with Crippen LogP contribution in [-0.2, 0) is 0 Å². The first-order valence-electron chi connectivity index (χ1n) is 18.6. The smallest absolute Gasteiger partial charge is 0.137 e. The molecule has 0 bridgehead atoms. The van der Waals surface area contributed by atoms with E-state index in [0.29, 0.717) is 0 Å². The van der Waals surface area contributed by atoms with Crippen molar-refractivity contribution < 1.29 is 0 Å². The minimum atomic E-state index is 0.876. The van der Waals surface area contributed by atoms with Gasteiger partial charge in [-0.15, -0.1) is 0 Å². The van der Waals surface area contributed by atoms with Gasteiger partial charge < -0.3 is 9.47 Å². The lowest BCUT2D eigenvalue weighted by molar-refractivity contribution is 1.08. The molecular weight excluding hydrogens is 671 g/mol. The number of pyridine rings is 2. The summed E-state index contributed by atoms with van der Waals surface area (Å²) >= 11 is 0. The molecule has 4 aromatic heterocycles. The van der Waals surface area contributed by atoms with Crippen molar-refractivity contribution in [3.8, 4) is 22.8 Å². The fraction of sp³-hybridized carbons (Fsp3) is 0. The molecule has 0 aliphatic carbocycles. The average molecular weight is 704 g/mol. The Balaban J connectivity index is 1.17. The average Bonchev–Trinajstić information content (AvgIpc) is 3.77. The van der Waals surface area contributed by atoms with Crippen molar-refractivity contribution in [2.24, 2.45) is 0 Å². The van der Waals surface area contributed by atoms with E-state index >= 15 is 0 Å². The molecule has 7 aromatic carbocycles. The molecule has 0 unspecified atom stereocenters. The van der Waals surface area contributed by atoms with Gasteiger partial charge >= 0.3 is 0 Å². The number of benzene rings is 7. The van der Waals surface area contributed by atoms with Gasteiger partial charge in [0.05, 0.1) is 27.8 Å². The van der Waals surface area contributed by atoms with Crippen molar-refractivity contribution in [2.75, 3.05) is 4.90 Å². The van der Waals surface area contributed by atoms with Gasteiger partial charge in [-0.3, -0.25) is 9.55 Å². The first kappa shape index (κ1) is 31.1. The first-order valence-corrected chi connectivity index (χ1v) is 18.6. The fourth-order valence-corrected chi connectivity index (χ4v) is 8.35. The SMILES string of the molecule is c1ccc(N(c2cccc(-c3cc4ccccc4cn3)c2)c2ccc3c4c5c6ccccc6n(-c6ccccc6)c5ccc4n(-c4ccccn4)c3c2)cc1. The van der Waals surface area contributed by atoms with Gasteiger partial charge in [-0.25, -0.2) is 4.98 Å². The van der Waals surface area contributed by atoms with Gasteiger partial charge in [-0.1, -0.05) is 103 Å². The summed E-state index contributed by atoms with van der Waals surface area (Å²) < 4.78 is 4.71. The Labute approximate surface area is 317 Å². The maximum Gasteiger partial charge on any atom is 0.137 e. The maximum atomic E-state index is 4.91. The second kappa shape index (κ2) is 12.6. The van der Waals surface area contributed by atoms with Crippen LogP contribution in [0.5, 0.6) is 0 Å². The lowest BCUT2D eigenvalue weighted by Gasteiger charge is -2.26. The molecule has 0 atom stereocenters. The largest absolute Gasteiger partial charge is 0.310 e. The molecule has 0 saturated heterocycles. The highest BCUT2D eigenvalue weighted by molar-refractivity contribution is 6.29. The third-order valence-electron chi connectivity index (χ3n) is 10.7. The standard InChI is InChI=1S/C50H33N5/c1-3-17-37(18-4-1)53(39-21-13-16-35(30-39)43-31-34-14-7-8-15-36(34)33-52-43)40-25-26-42-47(32-40)55(48-24-11-12-29-51-48)46-28-27-45-49(50(42)46)41-22-9-10-23-44(41)54(45)38-19-5-2-6-20-38/h1-33H. The Bertz CT molecular complexity index is 3200. The molecule has 0 fully saturated rings. The Morgan fingerprint density at radius 2 is 1.07 bits per heavy atom. The van der Waals surface area contributed by atoms with Gasteiger partial charge in [-0.2, -0.15) is 0 Å². The van der Waals surface area contributed by atoms with E-state index in [2.05, 4.69) is 196 Å². The molecule has 0 N–H and O–H groups in total. The first-order chi connectivity index (χ1) is 27.3. The Kier molecular flexibility index (Phi) is 7.10. The molecule has 0 aliphatic rings. The van der Waals surface area contributed by atoms with Crippen molar-refractivity contribution in [1.29, 1.82) is 0 Å². The van der Waals surface area contributed by atoms with Crippen molar-refractivity contribution in [3.63, 3.8) is 0 Å². The predicted octanol–water partition coefficient (Wildman–Crippen LogP) is 13.0. The Morgan fingerprint density at radius 3 is 1.89 bits per heavy atom. The lowest BCUT2D eigenvalue weighted by atomic mass is 10.0. The minimum Gasteiger partial charge on any atom is -0.310 e. The highest BCUT2D eigenvalue weighted by atomic mass is 15.1. The van der Waals surface area contributed by atoms with E-state index in [1.807, 2.05) is 18.5 Å². The van der Waals surface area contributed by atoms with E-state index in [1.54, 1.807) is 0 Å². The molecule has 11 rings (SSSR count). The molecule has 11 aromatic rings. The highest BCUT2D eigenvalue weighted by Gasteiger charge is 2.22. The minimum absolute atomic E-state index is 0.876. The van der Waals surface area contributed by atoms with Gasteiger partial charge in [-0.05, 0) is 90.3 Å². The monoisotopic (exact) mass is 703 g/mol. The molecule has 258 valence electrons. The molecule has 5 nitrogen and oxygen atoms in total. The molecule has 55 heavy (non-hydrogen) atoms. The molecule has 0 radical (unpaired) electrons. The zero-order valence-electron chi connectivity index (χ0n) is 29.8. The molecule has 4 heterocycles. The van der Waals surface area contributed by atoms with Crippen molar-refractivity contribution in [3.05, 3.63) is 200 Å².